The number of rotatable bonds is 6. The minimum absolute atomic E-state index is 0.0293. The fourth-order valence-corrected chi connectivity index (χ4v) is 3.22. The maximum absolute atomic E-state index is 12.0. The van der Waals surface area contributed by atoms with Crippen LogP contribution in [0, 0.1) is 6.92 Å². The summed E-state index contributed by atoms with van der Waals surface area (Å²) in [4.78, 5) is 16.5. The number of aryl methyl sites for hydroxylation is 1. The van der Waals surface area contributed by atoms with Crippen LogP contribution in [0.5, 0.6) is 5.75 Å². The van der Waals surface area contributed by atoms with E-state index >= 15 is 0 Å². The summed E-state index contributed by atoms with van der Waals surface area (Å²) in [5.41, 5.74) is 2.08. The van der Waals surface area contributed by atoms with Gasteiger partial charge in [0.05, 0.1) is 16.8 Å². The maximum Gasteiger partial charge on any atom is 0.226 e. The van der Waals surface area contributed by atoms with Gasteiger partial charge in [-0.3, -0.25) is 4.79 Å². The van der Waals surface area contributed by atoms with Crippen LogP contribution < -0.4 is 10.1 Å². The van der Waals surface area contributed by atoms with Crippen molar-refractivity contribution in [2.24, 2.45) is 0 Å². The molecule has 118 valence electrons. The molecular formula is C18H18N2O2S. The molecule has 0 atom stereocenters. The zero-order chi connectivity index (χ0) is 16.1. The monoisotopic (exact) mass is 326 g/mol. The van der Waals surface area contributed by atoms with E-state index in [0.717, 1.165) is 21.5 Å². The molecule has 0 unspecified atom stereocenters. The third-order valence-electron chi connectivity index (χ3n) is 3.43. The lowest BCUT2D eigenvalue weighted by Gasteiger charge is -2.05. The third-order valence-corrected chi connectivity index (χ3v) is 4.36. The van der Waals surface area contributed by atoms with E-state index in [-0.39, 0.29) is 5.91 Å². The van der Waals surface area contributed by atoms with Gasteiger partial charge in [0.25, 0.3) is 0 Å². The molecule has 1 aromatic heterocycles. The first kappa shape index (κ1) is 15.5. The van der Waals surface area contributed by atoms with Crippen molar-refractivity contribution in [3.05, 3.63) is 54.1 Å². The Hall–Kier alpha value is -2.40. The quantitative estimate of drug-likeness (QED) is 0.683. The molecule has 0 saturated heterocycles. The second kappa shape index (κ2) is 7.24. The van der Waals surface area contributed by atoms with E-state index in [1.54, 1.807) is 0 Å². The molecule has 0 saturated carbocycles. The lowest BCUT2D eigenvalue weighted by Crippen LogP contribution is -2.12. The minimum atomic E-state index is -0.0293. The molecule has 3 aromatic rings. The minimum Gasteiger partial charge on any atom is -0.494 e. The molecule has 2 aromatic carbocycles. The van der Waals surface area contributed by atoms with Gasteiger partial charge in [0.1, 0.15) is 5.75 Å². The molecule has 0 aliphatic carbocycles. The van der Waals surface area contributed by atoms with Gasteiger partial charge in [-0.05, 0) is 37.1 Å². The zero-order valence-corrected chi connectivity index (χ0v) is 13.7. The Morgan fingerprint density at radius 3 is 2.78 bits per heavy atom. The van der Waals surface area contributed by atoms with Crippen molar-refractivity contribution in [1.29, 1.82) is 0 Å². The Bertz CT molecular complexity index is 799. The van der Waals surface area contributed by atoms with Crippen LogP contribution in [0.1, 0.15) is 18.4 Å². The number of ether oxygens (including phenoxy) is 1. The molecule has 0 aliphatic rings. The van der Waals surface area contributed by atoms with E-state index in [2.05, 4.69) is 10.3 Å². The van der Waals surface area contributed by atoms with Crippen LogP contribution in [0.15, 0.2) is 48.5 Å². The summed E-state index contributed by atoms with van der Waals surface area (Å²) in [6, 6.07) is 15.7. The lowest BCUT2D eigenvalue weighted by molar-refractivity contribution is -0.116. The molecule has 1 amide bonds. The summed E-state index contributed by atoms with van der Waals surface area (Å²) in [5.74, 6) is 0.799. The number of hydrogen-bond acceptors (Lipinski definition) is 4. The van der Waals surface area contributed by atoms with E-state index < -0.39 is 0 Å². The Morgan fingerprint density at radius 1 is 1.17 bits per heavy atom. The molecule has 3 rings (SSSR count). The standard InChI is InChI=1S/C18H18N2O2S/c1-13-7-5-10-15-17(13)20-18(23-15)19-16(21)11-6-12-22-14-8-3-2-4-9-14/h2-5,7-10H,6,11-12H2,1H3,(H,19,20,21). The summed E-state index contributed by atoms with van der Waals surface area (Å²) in [7, 11) is 0. The van der Waals surface area contributed by atoms with Crippen molar-refractivity contribution in [3.63, 3.8) is 0 Å². The van der Waals surface area contributed by atoms with Crippen molar-refractivity contribution in [1.82, 2.24) is 4.98 Å². The van der Waals surface area contributed by atoms with Gasteiger partial charge >= 0.3 is 0 Å². The highest BCUT2D eigenvalue weighted by Crippen LogP contribution is 2.27. The van der Waals surface area contributed by atoms with Crippen LogP contribution in [0.25, 0.3) is 10.2 Å². The van der Waals surface area contributed by atoms with Gasteiger partial charge in [0.2, 0.25) is 5.91 Å². The number of para-hydroxylation sites is 2. The zero-order valence-electron chi connectivity index (χ0n) is 12.9. The summed E-state index contributed by atoms with van der Waals surface area (Å²) in [6.45, 7) is 2.55. The van der Waals surface area contributed by atoms with Gasteiger partial charge in [-0.15, -0.1) is 0 Å². The van der Waals surface area contributed by atoms with Crippen LogP contribution in [-0.4, -0.2) is 17.5 Å². The van der Waals surface area contributed by atoms with Crippen molar-refractivity contribution in [2.45, 2.75) is 19.8 Å². The largest absolute Gasteiger partial charge is 0.494 e. The van der Waals surface area contributed by atoms with Crippen molar-refractivity contribution >= 4 is 32.6 Å². The van der Waals surface area contributed by atoms with Crippen LogP contribution in [0.3, 0.4) is 0 Å². The lowest BCUT2D eigenvalue weighted by atomic mass is 10.2. The highest BCUT2D eigenvalue weighted by Gasteiger charge is 2.09. The number of nitrogens with one attached hydrogen (secondary N) is 1. The van der Waals surface area contributed by atoms with Crippen molar-refractivity contribution < 1.29 is 9.53 Å². The number of aromatic nitrogens is 1. The first-order valence-electron chi connectivity index (χ1n) is 7.56. The van der Waals surface area contributed by atoms with Gasteiger partial charge in [0, 0.05) is 6.42 Å². The third kappa shape index (κ3) is 4.07. The summed E-state index contributed by atoms with van der Waals surface area (Å²) in [5, 5.41) is 3.53. The maximum atomic E-state index is 12.0. The smallest absolute Gasteiger partial charge is 0.226 e. The van der Waals surface area contributed by atoms with Gasteiger partial charge in [-0.1, -0.05) is 41.7 Å². The Kier molecular flexibility index (Phi) is 4.88. The van der Waals surface area contributed by atoms with Crippen LogP contribution >= 0.6 is 11.3 Å². The first-order valence-corrected chi connectivity index (χ1v) is 8.38. The van der Waals surface area contributed by atoms with Crippen LogP contribution in [-0.2, 0) is 4.79 Å². The Labute approximate surface area is 139 Å². The van der Waals surface area contributed by atoms with Crippen molar-refractivity contribution in [2.75, 3.05) is 11.9 Å². The molecule has 4 nitrogen and oxygen atoms in total. The average molecular weight is 326 g/mol. The number of anilines is 1. The van der Waals surface area contributed by atoms with E-state index in [1.165, 1.54) is 11.3 Å². The number of benzene rings is 2. The summed E-state index contributed by atoms with van der Waals surface area (Å²) in [6.07, 6.45) is 1.09. The van der Waals surface area contributed by atoms with Gasteiger partial charge in [-0.25, -0.2) is 4.98 Å². The molecule has 0 aliphatic heterocycles. The van der Waals surface area contributed by atoms with Crippen LogP contribution in [0.4, 0.5) is 5.13 Å². The highest BCUT2D eigenvalue weighted by atomic mass is 32.1. The molecule has 1 N–H and O–H groups in total. The van der Waals surface area contributed by atoms with Crippen LogP contribution in [0.2, 0.25) is 0 Å². The Morgan fingerprint density at radius 2 is 2.00 bits per heavy atom. The fourth-order valence-electron chi connectivity index (χ4n) is 2.26. The topological polar surface area (TPSA) is 51.2 Å². The molecular weight excluding hydrogens is 308 g/mol. The van der Waals surface area contributed by atoms with Gasteiger partial charge in [-0.2, -0.15) is 0 Å². The number of carbonyl (C=O) groups excluding carboxylic acids is 1. The molecule has 0 spiro atoms. The normalized spacial score (nSPS) is 10.7. The second-order valence-electron chi connectivity index (χ2n) is 5.25. The predicted octanol–water partition coefficient (Wildman–Crippen LogP) is 4.40. The van der Waals surface area contributed by atoms with E-state index in [4.69, 9.17) is 4.74 Å². The summed E-state index contributed by atoms with van der Waals surface area (Å²) >= 11 is 1.50. The number of thiazole rings is 1. The first-order chi connectivity index (χ1) is 11.2. The van der Waals surface area contributed by atoms with Crippen molar-refractivity contribution in [3.8, 4) is 5.75 Å². The highest BCUT2D eigenvalue weighted by molar-refractivity contribution is 7.22. The second-order valence-corrected chi connectivity index (χ2v) is 6.28. The molecule has 1 heterocycles. The molecule has 0 radical (unpaired) electrons. The number of carbonyl (C=O) groups is 1. The fraction of sp³-hybridized carbons (Fsp3) is 0.222. The van der Waals surface area contributed by atoms with E-state index in [0.29, 0.717) is 24.6 Å². The van der Waals surface area contributed by atoms with E-state index in [1.807, 2.05) is 55.5 Å². The molecule has 0 fully saturated rings. The van der Waals surface area contributed by atoms with Gasteiger partial charge in [0.15, 0.2) is 5.13 Å². The SMILES string of the molecule is Cc1cccc2sc(NC(=O)CCCOc3ccccc3)nc12. The Balaban J connectivity index is 1.48. The molecule has 23 heavy (non-hydrogen) atoms. The molecule has 5 heteroatoms. The van der Waals surface area contributed by atoms with Gasteiger partial charge < -0.3 is 10.1 Å². The number of fused-ring (bicyclic) bond motifs is 1. The predicted molar refractivity (Wildman–Crippen MR) is 94.2 cm³/mol. The molecule has 0 bridgehead atoms. The number of nitrogens with zero attached hydrogens (tertiary/aromatic N) is 1. The van der Waals surface area contributed by atoms with E-state index in [9.17, 15) is 4.79 Å². The summed E-state index contributed by atoms with van der Waals surface area (Å²) < 4.78 is 6.67. The number of hydrogen-bond donors (Lipinski definition) is 1. The number of amides is 1. The average Bonchev–Trinajstić information content (AvgIpc) is 2.96.